The first kappa shape index (κ1) is 9.90. The zero-order chi connectivity index (χ0) is 10.5. The van der Waals surface area contributed by atoms with Crippen molar-refractivity contribution in [2.24, 2.45) is 29.6 Å². The molecule has 0 aromatic carbocycles. The van der Waals surface area contributed by atoms with E-state index in [9.17, 15) is 0 Å². The van der Waals surface area contributed by atoms with Crippen molar-refractivity contribution in [2.75, 3.05) is 32.7 Å². The Hall–Kier alpha value is -0.0800. The minimum atomic E-state index is 0.985. The minimum Gasteiger partial charge on any atom is -0.316 e. The van der Waals surface area contributed by atoms with Crippen molar-refractivity contribution in [3.63, 3.8) is 0 Å². The highest BCUT2D eigenvalue weighted by Crippen LogP contribution is 2.48. The average molecular weight is 220 g/mol. The van der Waals surface area contributed by atoms with Crippen LogP contribution in [0.3, 0.4) is 0 Å². The third kappa shape index (κ3) is 1.53. The van der Waals surface area contributed by atoms with Gasteiger partial charge in [0.15, 0.2) is 0 Å². The number of nitrogens with zero attached hydrogens (tertiary/aromatic N) is 1. The van der Waals surface area contributed by atoms with Crippen LogP contribution in [0.2, 0.25) is 0 Å². The highest BCUT2D eigenvalue weighted by molar-refractivity contribution is 4.95. The monoisotopic (exact) mass is 220 g/mol. The van der Waals surface area contributed by atoms with E-state index in [2.05, 4.69) is 10.2 Å². The fraction of sp³-hybridized carbons (Fsp3) is 1.00. The molecule has 16 heavy (non-hydrogen) atoms. The minimum absolute atomic E-state index is 0.985. The predicted octanol–water partition coefficient (Wildman–Crippen LogP) is 1.57. The second-order valence-electron chi connectivity index (χ2n) is 6.83. The van der Waals surface area contributed by atoms with Crippen LogP contribution in [0.25, 0.3) is 0 Å². The Balaban J connectivity index is 1.35. The van der Waals surface area contributed by atoms with E-state index in [-0.39, 0.29) is 0 Å². The van der Waals surface area contributed by atoms with Crippen LogP contribution in [0.15, 0.2) is 0 Å². The summed E-state index contributed by atoms with van der Waals surface area (Å²) < 4.78 is 0. The summed E-state index contributed by atoms with van der Waals surface area (Å²) in [6.45, 7) is 6.81. The second-order valence-corrected chi connectivity index (χ2v) is 6.83. The van der Waals surface area contributed by atoms with Crippen LogP contribution < -0.4 is 5.32 Å². The third-order valence-corrected chi connectivity index (χ3v) is 5.84. The lowest BCUT2D eigenvalue weighted by Gasteiger charge is -2.27. The van der Waals surface area contributed by atoms with E-state index in [0.29, 0.717) is 0 Å². The van der Waals surface area contributed by atoms with Gasteiger partial charge in [0.2, 0.25) is 0 Å². The molecular formula is C14H24N2. The van der Waals surface area contributed by atoms with Gasteiger partial charge in [0, 0.05) is 19.6 Å². The van der Waals surface area contributed by atoms with Crippen LogP contribution >= 0.6 is 0 Å². The molecular weight excluding hydrogens is 196 g/mol. The van der Waals surface area contributed by atoms with Crippen LogP contribution in [0.1, 0.15) is 25.7 Å². The Bertz CT molecular complexity index is 266. The van der Waals surface area contributed by atoms with Gasteiger partial charge in [0.25, 0.3) is 0 Å². The van der Waals surface area contributed by atoms with Crippen molar-refractivity contribution in [3.05, 3.63) is 0 Å². The van der Waals surface area contributed by atoms with Gasteiger partial charge < -0.3 is 10.2 Å². The van der Waals surface area contributed by atoms with Crippen molar-refractivity contribution >= 4 is 0 Å². The van der Waals surface area contributed by atoms with E-state index in [0.717, 1.165) is 29.6 Å². The number of hydrogen-bond donors (Lipinski definition) is 1. The normalized spacial score (nSPS) is 51.4. The van der Waals surface area contributed by atoms with Crippen molar-refractivity contribution in [3.8, 4) is 0 Å². The summed E-state index contributed by atoms with van der Waals surface area (Å²) >= 11 is 0. The lowest BCUT2D eigenvalue weighted by atomic mass is 9.88. The predicted molar refractivity (Wildman–Crippen MR) is 65.2 cm³/mol. The number of fused-ring (bicyclic) bond motifs is 3. The molecule has 2 saturated heterocycles. The molecule has 2 aliphatic carbocycles. The van der Waals surface area contributed by atoms with Crippen LogP contribution in [0.4, 0.5) is 0 Å². The number of rotatable bonds is 2. The van der Waals surface area contributed by atoms with E-state index in [1.165, 1.54) is 32.7 Å². The fourth-order valence-electron chi connectivity index (χ4n) is 5.03. The molecule has 0 radical (unpaired) electrons. The first-order valence-electron chi connectivity index (χ1n) is 7.31. The lowest BCUT2D eigenvalue weighted by molar-refractivity contribution is 0.210. The Kier molecular flexibility index (Phi) is 2.29. The van der Waals surface area contributed by atoms with E-state index >= 15 is 0 Å². The molecule has 2 heterocycles. The van der Waals surface area contributed by atoms with Crippen molar-refractivity contribution in [1.82, 2.24) is 10.2 Å². The highest BCUT2D eigenvalue weighted by Gasteiger charge is 2.42. The first-order valence-corrected chi connectivity index (χ1v) is 7.31. The van der Waals surface area contributed by atoms with Crippen LogP contribution in [0, 0.1) is 29.6 Å². The smallest absolute Gasteiger partial charge is 0.00257 e. The maximum atomic E-state index is 3.54. The molecule has 2 bridgehead atoms. The lowest BCUT2D eigenvalue weighted by Crippen LogP contribution is -2.32. The molecule has 0 spiro atoms. The van der Waals surface area contributed by atoms with Crippen LogP contribution in [0.5, 0.6) is 0 Å². The summed E-state index contributed by atoms with van der Waals surface area (Å²) in [5.74, 6) is 5.28. The molecule has 1 N–H and O–H groups in total. The number of likely N-dealkylation sites (tertiary alicyclic amines) is 1. The molecule has 4 aliphatic rings. The molecule has 3 unspecified atom stereocenters. The standard InChI is InChI=1S/C14H24N2/c1-2-11-3-10(1)4-12(11)7-16-8-13-5-15-6-14(13)9-16/h10-15H,1-9H2/t10?,11?,12?,13-,14+. The fourth-order valence-corrected chi connectivity index (χ4v) is 5.03. The molecule has 4 rings (SSSR count). The summed E-state index contributed by atoms with van der Waals surface area (Å²) in [4.78, 5) is 2.79. The Morgan fingerprint density at radius 3 is 2.38 bits per heavy atom. The van der Waals surface area contributed by atoms with Crippen LogP contribution in [-0.4, -0.2) is 37.6 Å². The average Bonchev–Trinajstić information content (AvgIpc) is 2.93. The molecule has 2 heteroatoms. The second kappa shape index (κ2) is 3.71. The molecule has 0 aromatic heterocycles. The van der Waals surface area contributed by atoms with Crippen molar-refractivity contribution in [1.29, 1.82) is 0 Å². The van der Waals surface area contributed by atoms with Gasteiger partial charge in [-0.3, -0.25) is 0 Å². The zero-order valence-electron chi connectivity index (χ0n) is 10.2. The van der Waals surface area contributed by atoms with Crippen molar-refractivity contribution in [2.45, 2.75) is 25.7 Å². The summed E-state index contributed by atoms with van der Waals surface area (Å²) in [5, 5.41) is 3.54. The van der Waals surface area contributed by atoms with Gasteiger partial charge in [-0.25, -0.2) is 0 Å². The van der Waals surface area contributed by atoms with Gasteiger partial charge in [0.05, 0.1) is 0 Å². The summed E-state index contributed by atoms with van der Waals surface area (Å²) in [7, 11) is 0. The topological polar surface area (TPSA) is 15.3 Å². The molecule has 5 atom stereocenters. The highest BCUT2D eigenvalue weighted by atomic mass is 15.2. The Morgan fingerprint density at radius 1 is 0.938 bits per heavy atom. The van der Waals surface area contributed by atoms with Gasteiger partial charge in [-0.05, 0) is 61.9 Å². The molecule has 90 valence electrons. The summed E-state index contributed by atoms with van der Waals surface area (Å²) in [5.41, 5.74) is 0. The molecule has 2 saturated carbocycles. The third-order valence-electron chi connectivity index (χ3n) is 5.84. The van der Waals surface area contributed by atoms with E-state index in [1.54, 1.807) is 25.7 Å². The van der Waals surface area contributed by atoms with E-state index in [1.807, 2.05) is 0 Å². The SMILES string of the molecule is C1CC2CC1CC2CN1C[C@H]2CNC[C@H]2C1. The molecule has 0 amide bonds. The Labute approximate surface area is 98.8 Å². The van der Waals surface area contributed by atoms with Crippen molar-refractivity contribution < 1.29 is 0 Å². The zero-order valence-corrected chi connectivity index (χ0v) is 10.2. The van der Waals surface area contributed by atoms with Gasteiger partial charge in [-0.1, -0.05) is 6.42 Å². The number of hydrogen-bond acceptors (Lipinski definition) is 2. The van der Waals surface area contributed by atoms with E-state index in [4.69, 9.17) is 0 Å². The Morgan fingerprint density at radius 2 is 1.75 bits per heavy atom. The number of nitrogens with one attached hydrogen (secondary N) is 1. The maximum absolute atomic E-state index is 3.54. The maximum Gasteiger partial charge on any atom is 0.00257 e. The quantitative estimate of drug-likeness (QED) is 0.760. The molecule has 4 fully saturated rings. The summed E-state index contributed by atoms with van der Waals surface area (Å²) in [6, 6.07) is 0. The van der Waals surface area contributed by atoms with Gasteiger partial charge >= 0.3 is 0 Å². The van der Waals surface area contributed by atoms with Gasteiger partial charge in [0.1, 0.15) is 0 Å². The van der Waals surface area contributed by atoms with Gasteiger partial charge in [-0.2, -0.15) is 0 Å². The van der Waals surface area contributed by atoms with Gasteiger partial charge in [-0.15, -0.1) is 0 Å². The summed E-state index contributed by atoms with van der Waals surface area (Å²) in [6.07, 6.45) is 6.25. The molecule has 2 aliphatic heterocycles. The first-order chi connectivity index (χ1) is 7.88. The molecule has 0 aromatic rings. The largest absolute Gasteiger partial charge is 0.316 e. The van der Waals surface area contributed by atoms with Crippen LogP contribution in [-0.2, 0) is 0 Å². The van der Waals surface area contributed by atoms with E-state index < -0.39 is 0 Å². The molecule has 2 nitrogen and oxygen atoms in total.